The Kier molecular flexibility index (Phi) is 3.14. The van der Waals surface area contributed by atoms with Crippen LogP contribution in [0.25, 0.3) is 0 Å². The summed E-state index contributed by atoms with van der Waals surface area (Å²) in [5.74, 6) is 0.589. The molecule has 0 radical (unpaired) electrons. The van der Waals surface area contributed by atoms with E-state index in [-0.39, 0.29) is 6.04 Å². The normalized spacial score (nSPS) is 27.6. The molecule has 2 atom stereocenters. The smallest absolute Gasteiger partial charge is 0.0337 e. The quantitative estimate of drug-likeness (QED) is 0.800. The molecule has 0 bridgehead atoms. The molecule has 18 heavy (non-hydrogen) atoms. The monoisotopic (exact) mass is 246 g/mol. The lowest BCUT2D eigenvalue weighted by molar-refractivity contribution is 0.0927. The van der Waals surface area contributed by atoms with Crippen LogP contribution in [0.3, 0.4) is 0 Å². The molecule has 2 fully saturated rings. The first-order chi connectivity index (χ1) is 8.73. The minimum atomic E-state index is 0.202. The van der Waals surface area contributed by atoms with Gasteiger partial charge in [0.15, 0.2) is 0 Å². The van der Waals surface area contributed by atoms with E-state index in [1.807, 2.05) is 0 Å². The van der Waals surface area contributed by atoms with Crippen molar-refractivity contribution in [2.24, 2.45) is 11.3 Å². The Labute approximate surface area is 109 Å². The fraction of sp³-hybridized carbons (Fsp3) is 0.600. The van der Waals surface area contributed by atoms with Crippen LogP contribution in [0.5, 0.6) is 0 Å². The van der Waals surface area contributed by atoms with Crippen LogP contribution in [0.4, 0.5) is 0 Å². The van der Waals surface area contributed by atoms with Crippen molar-refractivity contribution >= 4 is 0 Å². The van der Waals surface area contributed by atoms with Crippen LogP contribution in [0.1, 0.15) is 25.3 Å². The molecule has 3 heteroatoms. The molecule has 1 aromatic carbocycles. The van der Waals surface area contributed by atoms with E-state index in [2.05, 4.69) is 47.6 Å². The second kappa shape index (κ2) is 4.65. The highest BCUT2D eigenvalue weighted by atomic mass is 16.5. The topological polar surface area (TPSA) is 35.5 Å². The predicted octanol–water partition coefficient (Wildman–Crippen LogP) is 2.27. The SMILES string of the molecule is CC(NO)C1CN(Cc2ccccc2)CC12CC2. The number of rotatable bonds is 4. The first-order valence-electron chi connectivity index (χ1n) is 6.89. The zero-order chi connectivity index (χ0) is 12.6. The molecule has 1 aliphatic carbocycles. The largest absolute Gasteiger partial charge is 0.317 e. The second-order valence-electron chi connectivity index (χ2n) is 6.04. The van der Waals surface area contributed by atoms with Gasteiger partial charge in [0.05, 0.1) is 0 Å². The third-order valence-corrected chi connectivity index (χ3v) is 4.73. The fourth-order valence-corrected chi connectivity index (χ4v) is 3.53. The number of hydrogen-bond acceptors (Lipinski definition) is 3. The van der Waals surface area contributed by atoms with Crippen molar-refractivity contribution in [1.82, 2.24) is 10.4 Å². The summed E-state index contributed by atoms with van der Waals surface area (Å²) in [4.78, 5) is 2.54. The Hall–Kier alpha value is -0.900. The first kappa shape index (κ1) is 12.2. The molecule has 2 aliphatic rings. The van der Waals surface area contributed by atoms with Crippen molar-refractivity contribution in [3.05, 3.63) is 35.9 Å². The summed E-state index contributed by atoms with van der Waals surface area (Å²) in [5, 5.41) is 9.16. The number of likely N-dealkylation sites (tertiary alicyclic amines) is 1. The van der Waals surface area contributed by atoms with Crippen LogP contribution in [-0.2, 0) is 6.54 Å². The summed E-state index contributed by atoms with van der Waals surface area (Å²) in [5.41, 5.74) is 4.34. The van der Waals surface area contributed by atoms with E-state index in [0.29, 0.717) is 11.3 Å². The number of nitrogens with one attached hydrogen (secondary N) is 1. The van der Waals surface area contributed by atoms with E-state index < -0.39 is 0 Å². The molecule has 2 N–H and O–H groups in total. The highest BCUT2D eigenvalue weighted by Gasteiger charge is 2.56. The molecule has 3 nitrogen and oxygen atoms in total. The Morgan fingerprint density at radius 2 is 2.11 bits per heavy atom. The molecule has 1 aliphatic heterocycles. The highest BCUT2D eigenvalue weighted by molar-refractivity contribution is 5.16. The van der Waals surface area contributed by atoms with Crippen LogP contribution < -0.4 is 5.48 Å². The number of hydroxylamine groups is 1. The third-order valence-electron chi connectivity index (χ3n) is 4.73. The van der Waals surface area contributed by atoms with Gasteiger partial charge in [-0.1, -0.05) is 30.3 Å². The van der Waals surface area contributed by atoms with Gasteiger partial charge in [0.2, 0.25) is 0 Å². The summed E-state index contributed by atoms with van der Waals surface area (Å²) in [6, 6.07) is 10.9. The lowest BCUT2D eigenvalue weighted by atomic mass is 9.87. The third kappa shape index (κ3) is 2.18. The lowest BCUT2D eigenvalue weighted by Gasteiger charge is -2.23. The maximum absolute atomic E-state index is 9.16. The number of benzene rings is 1. The van der Waals surface area contributed by atoms with Crippen LogP contribution in [0, 0.1) is 11.3 Å². The van der Waals surface area contributed by atoms with Crippen molar-refractivity contribution < 1.29 is 5.21 Å². The summed E-state index contributed by atoms with van der Waals surface area (Å²) >= 11 is 0. The average Bonchev–Trinajstić information content (AvgIpc) is 3.06. The average molecular weight is 246 g/mol. The molecular weight excluding hydrogens is 224 g/mol. The van der Waals surface area contributed by atoms with Crippen LogP contribution in [-0.4, -0.2) is 29.2 Å². The van der Waals surface area contributed by atoms with E-state index >= 15 is 0 Å². The zero-order valence-corrected chi connectivity index (χ0v) is 11.0. The predicted molar refractivity (Wildman–Crippen MR) is 71.3 cm³/mol. The van der Waals surface area contributed by atoms with Crippen LogP contribution in [0.2, 0.25) is 0 Å². The molecule has 1 spiro atoms. The van der Waals surface area contributed by atoms with Crippen molar-refractivity contribution in [1.29, 1.82) is 0 Å². The number of hydrogen-bond donors (Lipinski definition) is 2. The summed E-state index contributed by atoms with van der Waals surface area (Å²) in [6.45, 7) is 5.43. The second-order valence-corrected chi connectivity index (χ2v) is 6.04. The van der Waals surface area contributed by atoms with Gasteiger partial charge < -0.3 is 5.21 Å². The van der Waals surface area contributed by atoms with E-state index in [0.717, 1.165) is 13.1 Å². The van der Waals surface area contributed by atoms with Gasteiger partial charge in [0, 0.05) is 25.7 Å². The lowest BCUT2D eigenvalue weighted by Crippen LogP contribution is -2.36. The molecule has 0 aromatic heterocycles. The molecule has 2 unspecified atom stereocenters. The van der Waals surface area contributed by atoms with Gasteiger partial charge in [-0.2, -0.15) is 0 Å². The van der Waals surface area contributed by atoms with Gasteiger partial charge in [-0.15, -0.1) is 0 Å². The van der Waals surface area contributed by atoms with Crippen molar-refractivity contribution in [3.8, 4) is 0 Å². The Bertz CT molecular complexity index is 402. The van der Waals surface area contributed by atoms with Gasteiger partial charge in [-0.05, 0) is 36.7 Å². The van der Waals surface area contributed by atoms with E-state index in [4.69, 9.17) is 5.21 Å². The molecule has 0 amide bonds. The summed E-state index contributed by atoms with van der Waals surface area (Å²) in [6.07, 6.45) is 2.66. The summed E-state index contributed by atoms with van der Waals surface area (Å²) < 4.78 is 0. The van der Waals surface area contributed by atoms with Gasteiger partial charge in [0.1, 0.15) is 0 Å². The Morgan fingerprint density at radius 1 is 1.39 bits per heavy atom. The van der Waals surface area contributed by atoms with E-state index in [1.54, 1.807) is 0 Å². The standard InChI is InChI=1S/C15H22N2O/c1-12(16-18)14-10-17(11-15(14)7-8-15)9-13-5-3-2-4-6-13/h2-6,12,14,16,18H,7-11H2,1H3. The highest BCUT2D eigenvalue weighted by Crippen LogP contribution is 2.57. The van der Waals surface area contributed by atoms with Crippen molar-refractivity contribution in [2.45, 2.75) is 32.4 Å². The molecule has 1 saturated carbocycles. The van der Waals surface area contributed by atoms with Crippen LogP contribution >= 0.6 is 0 Å². The maximum Gasteiger partial charge on any atom is 0.0337 e. The zero-order valence-electron chi connectivity index (χ0n) is 11.0. The molecule has 98 valence electrons. The minimum absolute atomic E-state index is 0.202. The maximum atomic E-state index is 9.16. The molecule has 1 saturated heterocycles. The fourth-order valence-electron chi connectivity index (χ4n) is 3.53. The van der Waals surface area contributed by atoms with E-state index in [1.165, 1.54) is 24.9 Å². The summed E-state index contributed by atoms with van der Waals surface area (Å²) in [7, 11) is 0. The van der Waals surface area contributed by atoms with Crippen molar-refractivity contribution in [3.63, 3.8) is 0 Å². The van der Waals surface area contributed by atoms with Gasteiger partial charge in [-0.3, -0.25) is 4.90 Å². The molecule has 1 heterocycles. The molecular formula is C15H22N2O. The number of nitrogens with zero attached hydrogens (tertiary/aromatic N) is 1. The Balaban J connectivity index is 1.67. The van der Waals surface area contributed by atoms with Crippen molar-refractivity contribution in [2.75, 3.05) is 13.1 Å². The van der Waals surface area contributed by atoms with Gasteiger partial charge >= 0.3 is 0 Å². The minimum Gasteiger partial charge on any atom is -0.317 e. The van der Waals surface area contributed by atoms with E-state index in [9.17, 15) is 0 Å². The first-order valence-corrected chi connectivity index (χ1v) is 6.89. The molecule has 1 aromatic rings. The Morgan fingerprint density at radius 3 is 2.72 bits per heavy atom. The molecule has 3 rings (SSSR count). The van der Waals surface area contributed by atoms with Gasteiger partial charge in [-0.25, -0.2) is 5.48 Å². The van der Waals surface area contributed by atoms with Crippen LogP contribution in [0.15, 0.2) is 30.3 Å². The van der Waals surface area contributed by atoms with Gasteiger partial charge in [0.25, 0.3) is 0 Å².